The molecule has 2 rings (SSSR count). The van der Waals surface area contributed by atoms with E-state index in [0.29, 0.717) is 5.56 Å². The quantitative estimate of drug-likeness (QED) is 0.582. The third-order valence-corrected chi connectivity index (χ3v) is 4.26. The molecule has 0 heterocycles. The second-order valence-corrected chi connectivity index (χ2v) is 7.83. The molecule has 0 saturated heterocycles. The molecule has 1 atom stereocenters. The van der Waals surface area contributed by atoms with Crippen LogP contribution in [0.3, 0.4) is 0 Å². The van der Waals surface area contributed by atoms with Gasteiger partial charge in [0.05, 0.1) is 11.3 Å². The molecule has 132 valence electrons. The van der Waals surface area contributed by atoms with Crippen LogP contribution in [0, 0.1) is 5.82 Å². The topological polar surface area (TPSA) is 77.5 Å². The lowest BCUT2D eigenvalue weighted by molar-refractivity contribution is 0.0319. The fourth-order valence-corrected chi connectivity index (χ4v) is 2.97. The van der Waals surface area contributed by atoms with Crippen LogP contribution in [0.1, 0.15) is 33.2 Å². The summed E-state index contributed by atoms with van der Waals surface area (Å²) in [4.78, 5) is 24.3. The molecular weight excluding hydrogens is 347 g/mol. The first-order chi connectivity index (χ1) is 11.7. The average Bonchev–Trinajstić information content (AvgIpc) is 2.54. The molecule has 0 aliphatic heterocycles. The van der Waals surface area contributed by atoms with Gasteiger partial charge in [-0.15, -0.1) is 0 Å². The lowest BCUT2D eigenvalue weighted by Crippen LogP contribution is -2.24. The molecule has 0 bridgehead atoms. The van der Waals surface area contributed by atoms with E-state index in [0.717, 1.165) is 18.4 Å². The van der Waals surface area contributed by atoms with E-state index >= 15 is 0 Å². The summed E-state index contributed by atoms with van der Waals surface area (Å²) < 4.78 is 40.5. The van der Waals surface area contributed by atoms with Crippen LogP contribution in [0.5, 0.6) is 0 Å². The highest BCUT2D eigenvalue weighted by Crippen LogP contribution is 2.12. The van der Waals surface area contributed by atoms with Crippen LogP contribution in [0.15, 0.2) is 48.5 Å². The molecule has 0 saturated carbocycles. The minimum atomic E-state index is -3.16. The zero-order chi connectivity index (χ0) is 18.6. The minimum absolute atomic E-state index is 0.123. The third kappa shape index (κ3) is 5.49. The number of carbonyl (C=O) groups excluding carboxylic acids is 2. The minimum Gasteiger partial charge on any atom is -0.451 e. The molecule has 0 amide bonds. The number of sulfone groups is 1. The van der Waals surface area contributed by atoms with Crippen LogP contribution in [0.4, 0.5) is 4.39 Å². The summed E-state index contributed by atoms with van der Waals surface area (Å²) in [5, 5.41) is 0. The number of ketones is 1. The average molecular weight is 364 g/mol. The number of hydrogen-bond acceptors (Lipinski definition) is 5. The molecule has 0 aromatic heterocycles. The molecule has 0 radical (unpaired) electrons. The Bertz CT molecular complexity index is 871. The SMILES string of the molecule is C[C@@H](OC(=O)c1ccc(CS(C)(=O)=O)cc1)C(=O)c1ccc(F)cc1. The second-order valence-electron chi connectivity index (χ2n) is 5.69. The van der Waals surface area contributed by atoms with Gasteiger partial charge in [-0.25, -0.2) is 17.6 Å². The first-order valence-electron chi connectivity index (χ1n) is 7.43. The predicted molar refractivity (Wildman–Crippen MR) is 90.6 cm³/mol. The van der Waals surface area contributed by atoms with E-state index in [2.05, 4.69) is 0 Å². The Labute approximate surface area is 145 Å². The monoisotopic (exact) mass is 364 g/mol. The van der Waals surface area contributed by atoms with E-state index in [9.17, 15) is 22.4 Å². The van der Waals surface area contributed by atoms with Crippen LogP contribution in [-0.4, -0.2) is 32.5 Å². The Hall–Kier alpha value is -2.54. The normalized spacial score (nSPS) is 12.4. The highest BCUT2D eigenvalue weighted by atomic mass is 32.2. The van der Waals surface area contributed by atoms with Gasteiger partial charge in [-0.3, -0.25) is 4.79 Å². The summed E-state index contributed by atoms with van der Waals surface area (Å²) in [5.74, 6) is -1.73. The largest absolute Gasteiger partial charge is 0.451 e. The summed E-state index contributed by atoms with van der Waals surface area (Å²) in [6, 6.07) is 10.9. The zero-order valence-electron chi connectivity index (χ0n) is 13.7. The summed E-state index contributed by atoms with van der Waals surface area (Å²) >= 11 is 0. The van der Waals surface area contributed by atoms with Crippen molar-refractivity contribution in [1.29, 1.82) is 0 Å². The van der Waals surface area contributed by atoms with Crippen molar-refractivity contribution < 1.29 is 27.1 Å². The summed E-state index contributed by atoms with van der Waals surface area (Å²) in [6.07, 6.45) is 0.0893. The summed E-state index contributed by atoms with van der Waals surface area (Å²) in [7, 11) is -3.16. The number of esters is 1. The molecule has 0 spiro atoms. The number of Topliss-reactive ketones (excluding diaryl/α,β-unsaturated/α-hetero) is 1. The van der Waals surface area contributed by atoms with Crippen molar-refractivity contribution in [2.24, 2.45) is 0 Å². The van der Waals surface area contributed by atoms with Crippen LogP contribution in [0.2, 0.25) is 0 Å². The highest BCUT2D eigenvalue weighted by Gasteiger charge is 2.20. The smallest absolute Gasteiger partial charge is 0.338 e. The van der Waals surface area contributed by atoms with Gasteiger partial charge in [-0.05, 0) is 48.9 Å². The van der Waals surface area contributed by atoms with Crippen LogP contribution in [0.25, 0.3) is 0 Å². The molecule has 0 fully saturated rings. The third-order valence-electron chi connectivity index (χ3n) is 3.40. The molecule has 0 N–H and O–H groups in total. The van der Waals surface area contributed by atoms with Gasteiger partial charge in [-0.1, -0.05) is 12.1 Å². The predicted octanol–water partition coefficient (Wildman–Crippen LogP) is 2.80. The zero-order valence-corrected chi connectivity index (χ0v) is 14.5. The molecule has 0 aliphatic rings. The first kappa shape index (κ1) is 18.8. The van der Waals surface area contributed by atoms with Gasteiger partial charge >= 0.3 is 5.97 Å². The number of benzene rings is 2. The fraction of sp³-hybridized carbons (Fsp3) is 0.222. The van der Waals surface area contributed by atoms with Crippen LogP contribution < -0.4 is 0 Å². The Morgan fingerprint density at radius 1 is 1.00 bits per heavy atom. The molecular formula is C18H17FO5S. The van der Waals surface area contributed by atoms with Crippen molar-refractivity contribution in [2.45, 2.75) is 18.8 Å². The van der Waals surface area contributed by atoms with E-state index in [4.69, 9.17) is 4.74 Å². The summed E-state index contributed by atoms with van der Waals surface area (Å²) in [6.45, 7) is 1.43. The van der Waals surface area contributed by atoms with E-state index in [1.807, 2.05) is 0 Å². The molecule has 25 heavy (non-hydrogen) atoms. The summed E-state index contributed by atoms with van der Waals surface area (Å²) in [5.41, 5.74) is 0.996. The Balaban J connectivity index is 2.03. The maximum Gasteiger partial charge on any atom is 0.338 e. The lowest BCUT2D eigenvalue weighted by Gasteiger charge is -2.12. The van der Waals surface area contributed by atoms with E-state index in [1.165, 1.54) is 43.3 Å². The Morgan fingerprint density at radius 3 is 2.04 bits per heavy atom. The lowest BCUT2D eigenvalue weighted by atomic mass is 10.1. The van der Waals surface area contributed by atoms with Crippen molar-refractivity contribution in [3.05, 3.63) is 71.0 Å². The molecule has 2 aromatic rings. The number of halogens is 1. The molecule has 0 unspecified atom stereocenters. The van der Waals surface area contributed by atoms with Crippen LogP contribution in [-0.2, 0) is 20.3 Å². The number of ether oxygens (including phenoxy) is 1. The number of rotatable bonds is 6. The Kier molecular flexibility index (Phi) is 5.69. The maximum absolute atomic E-state index is 12.9. The number of hydrogen-bond donors (Lipinski definition) is 0. The van der Waals surface area contributed by atoms with Gasteiger partial charge in [-0.2, -0.15) is 0 Å². The standard InChI is InChI=1S/C18H17FO5S/c1-12(17(20)14-7-9-16(19)10-8-14)24-18(21)15-5-3-13(4-6-15)11-25(2,22)23/h3-10,12H,11H2,1-2H3/t12-/m1/s1. The van der Waals surface area contributed by atoms with Gasteiger partial charge in [0.1, 0.15) is 5.82 Å². The van der Waals surface area contributed by atoms with E-state index in [1.54, 1.807) is 0 Å². The van der Waals surface area contributed by atoms with Gasteiger partial charge in [0, 0.05) is 11.8 Å². The van der Waals surface area contributed by atoms with Gasteiger partial charge in [0.15, 0.2) is 15.9 Å². The van der Waals surface area contributed by atoms with Gasteiger partial charge in [0.2, 0.25) is 5.78 Å². The van der Waals surface area contributed by atoms with Gasteiger partial charge in [0.25, 0.3) is 0 Å². The van der Waals surface area contributed by atoms with Crippen molar-refractivity contribution in [2.75, 3.05) is 6.26 Å². The number of carbonyl (C=O) groups is 2. The van der Waals surface area contributed by atoms with Crippen molar-refractivity contribution in [1.82, 2.24) is 0 Å². The molecule has 2 aromatic carbocycles. The van der Waals surface area contributed by atoms with E-state index < -0.39 is 33.5 Å². The van der Waals surface area contributed by atoms with Gasteiger partial charge < -0.3 is 4.74 Å². The van der Waals surface area contributed by atoms with Crippen LogP contribution >= 0.6 is 0 Å². The first-order valence-corrected chi connectivity index (χ1v) is 9.49. The van der Waals surface area contributed by atoms with Crippen molar-refractivity contribution in [3.63, 3.8) is 0 Å². The molecule has 5 nitrogen and oxygen atoms in total. The van der Waals surface area contributed by atoms with E-state index in [-0.39, 0.29) is 16.9 Å². The Morgan fingerprint density at radius 2 is 1.52 bits per heavy atom. The highest BCUT2D eigenvalue weighted by molar-refractivity contribution is 7.89. The molecule has 0 aliphatic carbocycles. The second kappa shape index (κ2) is 7.57. The van der Waals surface area contributed by atoms with Crippen molar-refractivity contribution >= 4 is 21.6 Å². The van der Waals surface area contributed by atoms with Crippen molar-refractivity contribution in [3.8, 4) is 0 Å². The molecule has 7 heteroatoms. The fourth-order valence-electron chi connectivity index (χ4n) is 2.17. The maximum atomic E-state index is 12.9.